The minimum atomic E-state index is -3.39. The Balaban J connectivity index is 1.70. The summed E-state index contributed by atoms with van der Waals surface area (Å²) in [5.41, 5.74) is 2.61. The second kappa shape index (κ2) is 7.61. The van der Waals surface area contributed by atoms with Gasteiger partial charge in [0.2, 0.25) is 9.84 Å². The Kier molecular flexibility index (Phi) is 5.48. The maximum absolute atomic E-state index is 12.6. The van der Waals surface area contributed by atoms with Crippen molar-refractivity contribution < 1.29 is 13.2 Å². The minimum Gasteiger partial charge on any atom is -0.494 e. The molecular weight excluding hydrogens is 332 g/mol. The average molecular weight is 359 g/mol. The van der Waals surface area contributed by atoms with Gasteiger partial charge in [0.1, 0.15) is 5.75 Å². The monoisotopic (exact) mass is 358 g/mol. The standard InChI is InChI=1S/C21H26O3S/c1-3-4-5-6-7-8-13-24-17-10-12-21-19(15-17)18-14-16(2)9-11-20(18)25(21,22)23/h9-12,14-15H,3-8,13H2,1-2H3. The highest BCUT2D eigenvalue weighted by Crippen LogP contribution is 2.44. The number of hydrogen-bond acceptors (Lipinski definition) is 3. The molecule has 1 aliphatic rings. The van der Waals surface area contributed by atoms with Crippen molar-refractivity contribution in [2.45, 2.75) is 62.2 Å². The molecule has 0 bridgehead atoms. The average Bonchev–Trinajstić information content (AvgIpc) is 2.81. The van der Waals surface area contributed by atoms with Gasteiger partial charge in [-0.15, -0.1) is 0 Å². The van der Waals surface area contributed by atoms with E-state index in [1.54, 1.807) is 18.2 Å². The maximum atomic E-state index is 12.6. The number of sulfone groups is 1. The van der Waals surface area contributed by atoms with Crippen LogP contribution >= 0.6 is 0 Å². The molecule has 0 spiro atoms. The number of unbranched alkanes of at least 4 members (excludes halogenated alkanes) is 5. The van der Waals surface area contributed by atoms with Gasteiger partial charge in [-0.3, -0.25) is 0 Å². The maximum Gasteiger partial charge on any atom is 0.207 e. The van der Waals surface area contributed by atoms with Crippen LogP contribution in [0.3, 0.4) is 0 Å². The fourth-order valence-electron chi connectivity index (χ4n) is 3.32. The lowest BCUT2D eigenvalue weighted by Gasteiger charge is -2.08. The Labute approximate surface area is 151 Å². The third-order valence-corrected chi connectivity index (χ3v) is 6.59. The van der Waals surface area contributed by atoms with Crippen LogP contribution in [0.5, 0.6) is 5.75 Å². The van der Waals surface area contributed by atoms with E-state index in [0.717, 1.165) is 28.9 Å². The smallest absolute Gasteiger partial charge is 0.207 e. The van der Waals surface area contributed by atoms with Crippen LogP contribution in [0.4, 0.5) is 0 Å². The van der Waals surface area contributed by atoms with E-state index in [2.05, 4.69) is 6.92 Å². The van der Waals surface area contributed by atoms with Gasteiger partial charge in [-0.05, 0) is 37.6 Å². The van der Waals surface area contributed by atoms with Crippen molar-refractivity contribution >= 4 is 9.84 Å². The van der Waals surface area contributed by atoms with Crippen molar-refractivity contribution in [3.8, 4) is 16.9 Å². The quantitative estimate of drug-likeness (QED) is 0.496. The molecule has 2 aromatic rings. The molecule has 0 atom stereocenters. The van der Waals surface area contributed by atoms with E-state index in [9.17, 15) is 8.42 Å². The molecule has 0 radical (unpaired) electrons. The predicted octanol–water partition coefficient (Wildman–Crippen LogP) is 5.55. The first-order valence-corrected chi connectivity index (χ1v) is 10.7. The Hall–Kier alpha value is -1.81. The molecule has 0 unspecified atom stereocenters. The summed E-state index contributed by atoms with van der Waals surface area (Å²) in [7, 11) is -3.39. The van der Waals surface area contributed by atoms with Crippen LogP contribution in [0.2, 0.25) is 0 Å². The molecule has 1 heterocycles. The molecular formula is C21H26O3S. The zero-order chi connectivity index (χ0) is 17.9. The third kappa shape index (κ3) is 3.74. The summed E-state index contributed by atoms with van der Waals surface area (Å²) in [6, 6.07) is 10.8. The summed E-state index contributed by atoms with van der Waals surface area (Å²) in [6.07, 6.45) is 7.33. The molecule has 0 aromatic heterocycles. The SMILES string of the molecule is CCCCCCCCOc1ccc2c(c1)-c1cc(C)ccc1S2(=O)=O. The molecule has 0 amide bonds. The van der Waals surface area contributed by atoms with Gasteiger partial charge in [0, 0.05) is 11.1 Å². The molecule has 0 saturated carbocycles. The van der Waals surface area contributed by atoms with E-state index in [1.165, 1.54) is 32.1 Å². The Morgan fingerprint density at radius 1 is 0.840 bits per heavy atom. The molecule has 3 rings (SSSR count). The fourth-order valence-corrected chi connectivity index (χ4v) is 4.97. The summed E-state index contributed by atoms with van der Waals surface area (Å²) >= 11 is 0. The van der Waals surface area contributed by atoms with Crippen LogP contribution in [0.15, 0.2) is 46.2 Å². The lowest BCUT2D eigenvalue weighted by molar-refractivity contribution is 0.304. The van der Waals surface area contributed by atoms with Crippen molar-refractivity contribution in [1.82, 2.24) is 0 Å². The van der Waals surface area contributed by atoms with Crippen molar-refractivity contribution in [2.24, 2.45) is 0 Å². The lowest BCUT2D eigenvalue weighted by Crippen LogP contribution is -1.99. The molecule has 0 aliphatic carbocycles. The molecule has 134 valence electrons. The van der Waals surface area contributed by atoms with Crippen LogP contribution in [0.1, 0.15) is 51.0 Å². The molecule has 4 heteroatoms. The Morgan fingerprint density at radius 2 is 1.48 bits per heavy atom. The fraction of sp³-hybridized carbons (Fsp3) is 0.429. The van der Waals surface area contributed by atoms with Crippen LogP contribution in [-0.4, -0.2) is 15.0 Å². The summed E-state index contributed by atoms with van der Waals surface area (Å²) in [4.78, 5) is 0.793. The van der Waals surface area contributed by atoms with Gasteiger partial charge in [-0.1, -0.05) is 56.7 Å². The summed E-state index contributed by atoms with van der Waals surface area (Å²) in [5.74, 6) is 0.747. The molecule has 25 heavy (non-hydrogen) atoms. The van der Waals surface area contributed by atoms with Crippen molar-refractivity contribution in [1.29, 1.82) is 0 Å². The van der Waals surface area contributed by atoms with Gasteiger partial charge >= 0.3 is 0 Å². The molecule has 1 aliphatic heterocycles. The first-order chi connectivity index (χ1) is 12.0. The van der Waals surface area contributed by atoms with Gasteiger partial charge in [0.05, 0.1) is 16.4 Å². The van der Waals surface area contributed by atoms with E-state index in [0.29, 0.717) is 16.4 Å². The van der Waals surface area contributed by atoms with Gasteiger partial charge in [0.25, 0.3) is 0 Å². The number of rotatable bonds is 8. The van der Waals surface area contributed by atoms with E-state index >= 15 is 0 Å². The lowest BCUT2D eigenvalue weighted by atomic mass is 10.0. The third-order valence-electron chi connectivity index (χ3n) is 4.72. The highest BCUT2D eigenvalue weighted by molar-refractivity contribution is 7.92. The zero-order valence-electron chi connectivity index (χ0n) is 15.0. The Bertz CT molecular complexity index is 853. The first kappa shape index (κ1) is 18.0. The summed E-state index contributed by atoms with van der Waals surface area (Å²) in [5, 5.41) is 0. The largest absolute Gasteiger partial charge is 0.494 e. The van der Waals surface area contributed by atoms with Gasteiger partial charge in [0.15, 0.2) is 0 Å². The highest BCUT2D eigenvalue weighted by atomic mass is 32.2. The van der Waals surface area contributed by atoms with Crippen molar-refractivity contribution in [3.05, 3.63) is 42.0 Å². The zero-order valence-corrected chi connectivity index (χ0v) is 15.9. The molecule has 0 N–H and O–H groups in total. The number of benzene rings is 2. The molecule has 0 fully saturated rings. The molecule has 3 nitrogen and oxygen atoms in total. The number of aryl methyl sites for hydroxylation is 1. The van der Waals surface area contributed by atoms with E-state index in [-0.39, 0.29) is 0 Å². The number of ether oxygens (including phenoxy) is 1. The predicted molar refractivity (Wildman–Crippen MR) is 101 cm³/mol. The second-order valence-electron chi connectivity index (χ2n) is 6.78. The normalized spacial score (nSPS) is 14.2. The highest BCUT2D eigenvalue weighted by Gasteiger charge is 2.33. The second-order valence-corrected chi connectivity index (χ2v) is 8.66. The van der Waals surface area contributed by atoms with Crippen LogP contribution in [-0.2, 0) is 9.84 Å². The first-order valence-electron chi connectivity index (χ1n) is 9.17. The molecule has 0 saturated heterocycles. The van der Waals surface area contributed by atoms with Gasteiger partial charge in [-0.25, -0.2) is 8.42 Å². The van der Waals surface area contributed by atoms with Crippen LogP contribution < -0.4 is 4.74 Å². The van der Waals surface area contributed by atoms with Gasteiger partial charge in [-0.2, -0.15) is 0 Å². The molecule has 2 aromatic carbocycles. The van der Waals surface area contributed by atoms with E-state index in [4.69, 9.17) is 4.74 Å². The topological polar surface area (TPSA) is 43.4 Å². The summed E-state index contributed by atoms with van der Waals surface area (Å²) in [6.45, 7) is 4.87. The minimum absolute atomic E-state index is 0.389. The van der Waals surface area contributed by atoms with Crippen LogP contribution in [0.25, 0.3) is 11.1 Å². The van der Waals surface area contributed by atoms with Crippen LogP contribution in [0, 0.1) is 6.92 Å². The summed E-state index contributed by atoms with van der Waals surface area (Å²) < 4.78 is 31.1. The van der Waals surface area contributed by atoms with Crippen molar-refractivity contribution in [3.63, 3.8) is 0 Å². The number of fused-ring (bicyclic) bond motifs is 3. The van der Waals surface area contributed by atoms with E-state index in [1.807, 2.05) is 25.1 Å². The van der Waals surface area contributed by atoms with E-state index < -0.39 is 9.84 Å². The van der Waals surface area contributed by atoms with Crippen molar-refractivity contribution in [2.75, 3.05) is 6.61 Å². The van der Waals surface area contributed by atoms with Gasteiger partial charge < -0.3 is 4.74 Å². The number of hydrogen-bond donors (Lipinski definition) is 0. The Morgan fingerprint density at radius 3 is 2.24 bits per heavy atom.